The van der Waals surface area contributed by atoms with Crippen LogP contribution >= 0.6 is 0 Å². The number of phenols is 1. The predicted octanol–water partition coefficient (Wildman–Crippen LogP) is 3.09. The van der Waals surface area contributed by atoms with Gasteiger partial charge in [-0.2, -0.15) is 8.78 Å². The predicted molar refractivity (Wildman–Crippen MR) is 87.7 cm³/mol. The molecule has 132 valence electrons. The van der Waals surface area contributed by atoms with E-state index in [2.05, 4.69) is 5.32 Å². The van der Waals surface area contributed by atoms with Crippen LogP contribution in [0.1, 0.15) is 11.1 Å². The fourth-order valence-corrected chi connectivity index (χ4v) is 2.61. The second-order valence-corrected chi connectivity index (χ2v) is 5.79. The zero-order chi connectivity index (χ0) is 17.9. The number of urea groups is 1. The van der Waals surface area contributed by atoms with E-state index in [0.29, 0.717) is 11.3 Å². The molecular formula is C18H18F2N2O3. The summed E-state index contributed by atoms with van der Waals surface area (Å²) >= 11 is 0. The van der Waals surface area contributed by atoms with Crippen molar-refractivity contribution < 1.29 is 23.4 Å². The van der Waals surface area contributed by atoms with Gasteiger partial charge in [0.25, 0.3) is 5.92 Å². The van der Waals surface area contributed by atoms with Gasteiger partial charge in [-0.25, -0.2) is 4.79 Å². The van der Waals surface area contributed by atoms with Crippen LogP contribution < -0.4 is 10.1 Å². The Balaban J connectivity index is 1.64. The van der Waals surface area contributed by atoms with Gasteiger partial charge >= 0.3 is 6.03 Å². The first-order valence-corrected chi connectivity index (χ1v) is 7.86. The monoisotopic (exact) mass is 348 g/mol. The van der Waals surface area contributed by atoms with E-state index in [4.69, 9.17) is 4.74 Å². The van der Waals surface area contributed by atoms with E-state index in [1.165, 1.54) is 41.3 Å². The number of alkyl halides is 2. The van der Waals surface area contributed by atoms with Crippen LogP contribution in [0.3, 0.4) is 0 Å². The number of carbonyl (C=O) groups excluding carboxylic acids is 1. The van der Waals surface area contributed by atoms with Crippen molar-refractivity contribution in [2.24, 2.45) is 0 Å². The summed E-state index contributed by atoms with van der Waals surface area (Å²) < 4.78 is 33.8. The highest BCUT2D eigenvalue weighted by molar-refractivity contribution is 5.74. The number of rotatable bonds is 3. The second-order valence-electron chi connectivity index (χ2n) is 5.79. The fraction of sp³-hybridized carbons (Fsp3) is 0.278. The Hall–Kier alpha value is -2.83. The Morgan fingerprint density at radius 1 is 1.24 bits per heavy atom. The van der Waals surface area contributed by atoms with Crippen LogP contribution in [0.4, 0.5) is 13.6 Å². The molecule has 5 nitrogen and oxygen atoms in total. The second kappa shape index (κ2) is 6.96. The SMILES string of the molecule is O=C(NCC(F)(F)c1ccccc1)N1CCOc2cc(O)ccc2C1. The zero-order valence-corrected chi connectivity index (χ0v) is 13.4. The minimum atomic E-state index is -3.15. The third-order valence-corrected chi connectivity index (χ3v) is 3.98. The molecule has 0 aliphatic carbocycles. The Kier molecular flexibility index (Phi) is 4.74. The number of ether oxygens (including phenoxy) is 1. The van der Waals surface area contributed by atoms with Gasteiger partial charge in [0.05, 0.1) is 19.6 Å². The van der Waals surface area contributed by atoms with E-state index < -0.39 is 18.5 Å². The number of phenolic OH excluding ortho intramolecular Hbond substituents is 1. The Bertz CT molecular complexity index is 753. The molecule has 0 saturated heterocycles. The number of halogens is 2. The molecule has 0 fully saturated rings. The van der Waals surface area contributed by atoms with Crippen LogP contribution in [0.5, 0.6) is 11.5 Å². The third-order valence-electron chi connectivity index (χ3n) is 3.98. The van der Waals surface area contributed by atoms with Crippen LogP contribution in [0.15, 0.2) is 48.5 Å². The quantitative estimate of drug-likeness (QED) is 0.896. The molecule has 25 heavy (non-hydrogen) atoms. The van der Waals surface area contributed by atoms with Crippen molar-refractivity contribution in [2.45, 2.75) is 12.5 Å². The first-order chi connectivity index (χ1) is 12.0. The number of amides is 2. The van der Waals surface area contributed by atoms with Crippen LogP contribution in [0.2, 0.25) is 0 Å². The van der Waals surface area contributed by atoms with Crippen molar-refractivity contribution in [1.29, 1.82) is 0 Å². The lowest BCUT2D eigenvalue weighted by Crippen LogP contribution is -2.44. The highest BCUT2D eigenvalue weighted by atomic mass is 19.3. The molecule has 0 atom stereocenters. The molecule has 0 aromatic heterocycles. The standard InChI is InChI=1S/C18H18F2N2O3/c19-18(20,14-4-2-1-3-5-14)12-21-17(24)22-8-9-25-16-10-15(23)7-6-13(16)11-22/h1-7,10,23H,8-9,11-12H2,(H,21,24). The summed E-state index contributed by atoms with van der Waals surface area (Å²) in [5.74, 6) is -2.59. The van der Waals surface area contributed by atoms with Gasteiger partial charge in [0.2, 0.25) is 0 Å². The molecule has 0 radical (unpaired) electrons. The molecule has 2 aromatic rings. The first kappa shape index (κ1) is 17.0. The van der Waals surface area contributed by atoms with Crippen LogP contribution in [-0.4, -0.2) is 35.7 Å². The normalized spacial score (nSPS) is 14.2. The molecule has 1 aliphatic heterocycles. The molecule has 0 bridgehead atoms. The number of hydrogen-bond donors (Lipinski definition) is 2. The molecule has 1 heterocycles. The van der Waals surface area contributed by atoms with Gasteiger partial charge in [-0.3, -0.25) is 0 Å². The number of carbonyl (C=O) groups is 1. The van der Waals surface area contributed by atoms with Crippen molar-refractivity contribution >= 4 is 6.03 Å². The van der Waals surface area contributed by atoms with Gasteiger partial charge in [0.1, 0.15) is 18.1 Å². The molecule has 2 aromatic carbocycles. The molecule has 7 heteroatoms. The summed E-state index contributed by atoms with van der Waals surface area (Å²) in [5.41, 5.74) is 0.565. The maximum absolute atomic E-state index is 14.2. The summed E-state index contributed by atoms with van der Waals surface area (Å²) in [7, 11) is 0. The Morgan fingerprint density at radius 2 is 2.00 bits per heavy atom. The number of hydrogen-bond acceptors (Lipinski definition) is 3. The maximum atomic E-state index is 14.2. The van der Waals surface area contributed by atoms with Crippen LogP contribution in [-0.2, 0) is 12.5 Å². The minimum absolute atomic E-state index is 0.0687. The fourth-order valence-electron chi connectivity index (χ4n) is 2.61. The average Bonchev–Trinajstić information content (AvgIpc) is 2.82. The van der Waals surface area contributed by atoms with Crippen molar-refractivity contribution in [1.82, 2.24) is 10.2 Å². The summed E-state index contributed by atoms with van der Waals surface area (Å²) in [6, 6.07) is 11.4. The van der Waals surface area contributed by atoms with Crippen LogP contribution in [0.25, 0.3) is 0 Å². The van der Waals surface area contributed by atoms with E-state index in [0.717, 1.165) is 0 Å². The highest BCUT2D eigenvalue weighted by Gasteiger charge is 2.32. The molecule has 2 amide bonds. The van der Waals surface area contributed by atoms with Gasteiger partial charge in [0.15, 0.2) is 0 Å². The lowest BCUT2D eigenvalue weighted by molar-refractivity contribution is -0.00167. The maximum Gasteiger partial charge on any atom is 0.318 e. The number of nitrogens with one attached hydrogen (secondary N) is 1. The third kappa shape index (κ3) is 3.99. The van der Waals surface area contributed by atoms with E-state index in [-0.39, 0.29) is 31.0 Å². The molecule has 0 spiro atoms. The lowest BCUT2D eigenvalue weighted by Gasteiger charge is -2.23. The topological polar surface area (TPSA) is 61.8 Å². The van der Waals surface area contributed by atoms with E-state index in [1.54, 1.807) is 12.1 Å². The molecule has 0 unspecified atom stereocenters. The van der Waals surface area contributed by atoms with E-state index >= 15 is 0 Å². The van der Waals surface area contributed by atoms with Crippen molar-refractivity contribution in [3.63, 3.8) is 0 Å². The zero-order valence-electron chi connectivity index (χ0n) is 13.4. The van der Waals surface area contributed by atoms with Gasteiger partial charge < -0.3 is 20.1 Å². The number of benzene rings is 2. The van der Waals surface area contributed by atoms with E-state index in [1.807, 2.05) is 0 Å². The van der Waals surface area contributed by atoms with Crippen LogP contribution in [0, 0.1) is 0 Å². The molecule has 2 N–H and O–H groups in total. The molecule has 1 aliphatic rings. The summed E-state index contributed by atoms with van der Waals surface area (Å²) in [5, 5.41) is 11.8. The van der Waals surface area contributed by atoms with Crippen molar-refractivity contribution in [3.8, 4) is 11.5 Å². The van der Waals surface area contributed by atoms with Gasteiger partial charge in [-0.1, -0.05) is 30.3 Å². The smallest absolute Gasteiger partial charge is 0.318 e. The molecule has 3 rings (SSSR count). The number of nitrogens with zero attached hydrogens (tertiary/aromatic N) is 1. The lowest BCUT2D eigenvalue weighted by atomic mass is 10.1. The van der Waals surface area contributed by atoms with Gasteiger partial charge in [-0.05, 0) is 12.1 Å². The molecule has 0 saturated carbocycles. The number of fused-ring (bicyclic) bond motifs is 1. The largest absolute Gasteiger partial charge is 0.508 e. The number of aromatic hydroxyl groups is 1. The van der Waals surface area contributed by atoms with Gasteiger partial charge in [0, 0.05) is 17.2 Å². The summed E-state index contributed by atoms with van der Waals surface area (Å²) in [6.07, 6.45) is 0. The first-order valence-electron chi connectivity index (χ1n) is 7.86. The van der Waals surface area contributed by atoms with E-state index in [9.17, 15) is 18.7 Å². The van der Waals surface area contributed by atoms with Gasteiger partial charge in [-0.15, -0.1) is 0 Å². The highest BCUT2D eigenvalue weighted by Crippen LogP contribution is 2.28. The summed E-state index contributed by atoms with van der Waals surface area (Å²) in [6.45, 7) is -0.0782. The minimum Gasteiger partial charge on any atom is -0.508 e. The van der Waals surface area contributed by atoms with Crippen molar-refractivity contribution in [3.05, 3.63) is 59.7 Å². The Labute approximate surface area is 143 Å². The average molecular weight is 348 g/mol. The van der Waals surface area contributed by atoms with Crippen molar-refractivity contribution in [2.75, 3.05) is 19.7 Å². The molecular weight excluding hydrogens is 330 g/mol. The Morgan fingerprint density at radius 3 is 2.76 bits per heavy atom. The summed E-state index contributed by atoms with van der Waals surface area (Å²) in [4.78, 5) is 13.7.